The van der Waals surface area contributed by atoms with Crippen LogP contribution in [-0.2, 0) is 6.54 Å². The highest BCUT2D eigenvalue weighted by molar-refractivity contribution is 5.34. The molecule has 2 aliphatic rings. The zero-order valence-corrected chi connectivity index (χ0v) is 11.9. The molecule has 2 heterocycles. The normalized spacial score (nSPS) is 27.4. The van der Waals surface area contributed by atoms with E-state index in [4.69, 9.17) is 0 Å². The van der Waals surface area contributed by atoms with Gasteiger partial charge in [0.05, 0.1) is 4.92 Å². The lowest BCUT2D eigenvalue weighted by molar-refractivity contribution is -0.384. The Bertz CT molecular complexity index is 506. The fourth-order valence-corrected chi connectivity index (χ4v) is 3.61. The Morgan fingerprint density at radius 1 is 1.35 bits per heavy atom. The first-order valence-corrected chi connectivity index (χ1v) is 7.36. The number of hydrogen-bond donors (Lipinski definition) is 0. The molecule has 108 valence electrons. The number of nitro groups is 1. The second kappa shape index (κ2) is 5.50. The molecule has 20 heavy (non-hydrogen) atoms. The van der Waals surface area contributed by atoms with E-state index in [9.17, 15) is 10.1 Å². The number of rotatable bonds is 3. The first-order chi connectivity index (χ1) is 9.65. The van der Waals surface area contributed by atoms with Crippen molar-refractivity contribution in [2.45, 2.75) is 38.4 Å². The summed E-state index contributed by atoms with van der Waals surface area (Å²) in [5.74, 6) is 0. The average molecular weight is 275 g/mol. The van der Waals surface area contributed by atoms with E-state index in [-0.39, 0.29) is 10.6 Å². The molecule has 1 aromatic carbocycles. The van der Waals surface area contributed by atoms with E-state index in [1.165, 1.54) is 19.4 Å². The van der Waals surface area contributed by atoms with E-state index < -0.39 is 0 Å². The van der Waals surface area contributed by atoms with Gasteiger partial charge in [0.1, 0.15) is 0 Å². The Morgan fingerprint density at radius 2 is 2.20 bits per heavy atom. The fraction of sp³-hybridized carbons (Fsp3) is 0.600. The summed E-state index contributed by atoms with van der Waals surface area (Å²) < 4.78 is 0. The van der Waals surface area contributed by atoms with Gasteiger partial charge in [-0.15, -0.1) is 0 Å². The van der Waals surface area contributed by atoms with Crippen LogP contribution in [0, 0.1) is 10.1 Å². The first-order valence-electron chi connectivity index (χ1n) is 7.36. The third-order valence-corrected chi connectivity index (χ3v) is 4.73. The summed E-state index contributed by atoms with van der Waals surface area (Å²) in [6.07, 6.45) is 2.59. The van der Waals surface area contributed by atoms with Crippen molar-refractivity contribution in [2.24, 2.45) is 0 Å². The van der Waals surface area contributed by atoms with Crippen LogP contribution in [0.2, 0.25) is 0 Å². The van der Waals surface area contributed by atoms with Crippen molar-refractivity contribution in [2.75, 3.05) is 19.6 Å². The maximum atomic E-state index is 10.8. The number of nitro benzene ring substituents is 1. The van der Waals surface area contributed by atoms with Crippen molar-refractivity contribution in [3.63, 3.8) is 0 Å². The van der Waals surface area contributed by atoms with Gasteiger partial charge in [-0.25, -0.2) is 0 Å². The summed E-state index contributed by atoms with van der Waals surface area (Å²) in [6.45, 7) is 6.52. The van der Waals surface area contributed by atoms with E-state index >= 15 is 0 Å². The van der Waals surface area contributed by atoms with Gasteiger partial charge in [-0.05, 0) is 31.9 Å². The minimum Gasteiger partial charge on any atom is -0.298 e. The van der Waals surface area contributed by atoms with Gasteiger partial charge in [-0.3, -0.25) is 19.9 Å². The summed E-state index contributed by atoms with van der Waals surface area (Å²) >= 11 is 0. The molecule has 3 rings (SSSR count). The molecular weight excluding hydrogens is 254 g/mol. The van der Waals surface area contributed by atoms with Gasteiger partial charge in [-0.1, -0.05) is 12.1 Å². The van der Waals surface area contributed by atoms with Crippen LogP contribution in [0.5, 0.6) is 0 Å². The van der Waals surface area contributed by atoms with Crippen LogP contribution in [0.3, 0.4) is 0 Å². The molecule has 0 amide bonds. The molecule has 2 aliphatic heterocycles. The molecule has 1 aromatic rings. The Kier molecular flexibility index (Phi) is 3.72. The monoisotopic (exact) mass is 275 g/mol. The second-order valence-electron chi connectivity index (χ2n) is 5.88. The smallest absolute Gasteiger partial charge is 0.269 e. The van der Waals surface area contributed by atoms with Gasteiger partial charge in [0.2, 0.25) is 0 Å². The number of benzene rings is 1. The lowest BCUT2D eigenvalue weighted by atomic mass is 10.0. The maximum absolute atomic E-state index is 10.8. The van der Waals surface area contributed by atoms with E-state index in [2.05, 4.69) is 16.7 Å². The van der Waals surface area contributed by atoms with Crippen LogP contribution in [0.4, 0.5) is 5.69 Å². The van der Waals surface area contributed by atoms with Crippen LogP contribution in [-0.4, -0.2) is 46.4 Å². The Morgan fingerprint density at radius 3 is 3.00 bits per heavy atom. The molecule has 0 saturated carbocycles. The Balaban J connectivity index is 1.71. The van der Waals surface area contributed by atoms with Crippen molar-refractivity contribution >= 4 is 5.69 Å². The summed E-state index contributed by atoms with van der Waals surface area (Å²) in [4.78, 5) is 15.6. The standard InChI is InChI=1S/C15H21N3O2/c1-12-15-6-3-7-16(15)8-9-17(12)11-13-4-2-5-14(10-13)18(19)20/h2,4-5,10,12,15H,3,6-9,11H2,1H3. The minimum absolute atomic E-state index is 0.189. The van der Waals surface area contributed by atoms with Gasteiger partial charge >= 0.3 is 0 Å². The lowest BCUT2D eigenvalue weighted by Gasteiger charge is -2.43. The third kappa shape index (κ3) is 2.55. The SMILES string of the molecule is CC1C2CCCN2CCN1Cc1cccc([N+](=O)[O-])c1. The van der Waals surface area contributed by atoms with Crippen LogP contribution in [0.15, 0.2) is 24.3 Å². The summed E-state index contributed by atoms with van der Waals surface area (Å²) in [5, 5.41) is 10.8. The van der Waals surface area contributed by atoms with Gasteiger partial charge in [0.25, 0.3) is 5.69 Å². The minimum atomic E-state index is -0.318. The predicted molar refractivity (Wildman–Crippen MR) is 77.6 cm³/mol. The number of non-ortho nitro benzene ring substituents is 1. The molecule has 0 aromatic heterocycles. The molecular formula is C15H21N3O2. The summed E-state index contributed by atoms with van der Waals surface area (Å²) in [7, 11) is 0. The van der Waals surface area contributed by atoms with Crippen LogP contribution < -0.4 is 0 Å². The first kappa shape index (κ1) is 13.5. The van der Waals surface area contributed by atoms with E-state index in [0.29, 0.717) is 12.1 Å². The number of piperazine rings is 1. The highest BCUT2D eigenvalue weighted by Crippen LogP contribution is 2.28. The predicted octanol–water partition coefficient (Wildman–Crippen LogP) is 2.26. The second-order valence-corrected chi connectivity index (χ2v) is 5.88. The van der Waals surface area contributed by atoms with E-state index in [1.807, 2.05) is 6.07 Å². The fourth-order valence-electron chi connectivity index (χ4n) is 3.61. The quantitative estimate of drug-likeness (QED) is 0.627. The van der Waals surface area contributed by atoms with Crippen molar-refractivity contribution in [3.8, 4) is 0 Å². The van der Waals surface area contributed by atoms with E-state index in [0.717, 1.165) is 25.2 Å². The molecule has 0 radical (unpaired) electrons. The van der Waals surface area contributed by atoms with Crippen LogP contribution in [0.1, 0.15) is 25.3 Å². The topological polar surface area (TPSA) is 49.6 Å². The molecule has 2 atom stereocenters. The summed E-state index contributed by atoms with van der Waals surface area (Å²) in [5.41, 5.74) is 1.23. The van der Waals surface area contributed by atoms with E-state index in [1.54, 1.807) is 18.2 Å². The van der Waals surface area contributed by atoms with Gasteiger partial charge in [0, 0.05) is 43.9 Å². The zero-order chi connectivity index (χ0) is 14.1. The highest BCUT2D eigenvalue weighted by Gasteiger charge is 2.36. The number of nitrogens with zero attached hydrogens (tertiary/aromatic N) is 3. The van der Waals surface area contributed by atoms with Crippen molar-refractivity contribution in [3.05, 3.63) is 39.9 Å². The third-order valence-electron chi connectivity index (χ3n) is 4.73. The molecule has 5 nitrogen and oxygen atoms in total. The molecule has 2 saturated heterocycles. The number of hydrogen-bond acceptors (Lipinski definition) is 4. The largest absolute Gasteiger partial charge is 0.298 e. The molecule has 0 aliphatic carbocycles. The van der Waals surface area contributed by atoms with Gasteiger partial charge < -0.3 is 0 Å². The molecule has 2 fully saturated rings. The van der Waals surface area contributed by atoms with Crippen LogP contribution >= 0.6 is 0 Å². The Hall–Kier alpha value is -1.46. The Labute approximate surface area is 119 Å². The lowest BCUT2D eigenvalue weighted by Crippen LogP contribution is -2.55. The highest BCUT2D eigenvalue weighted by atomic mass is 16.6. The van der Waals surface area contributed by atoms with Gasteiger partial charge in [0.15, 0.2) is 0 Å². The van der Waals surface area contributed by atoms with Crippen molar-refractivity contribution in [1.82, 2.24) is 9.80 Å². The maximum Gasteiger partial charge on any atom is 0.269 e. The average Bonchev–Trinajstić information content (AvgIpc) is 2.91. The molecule has 0 spiro atoms. The zero-order valence-electron chi connectivity index (χ0n) is 11.9. The summed E-state index contributed by atoms with van der Waals surface area (Å²) in [6, 6.07) is 8.23. The molecule has 2 unspecified atom stereocenters. The number of fused-ring (bicyclic) bond motifs is 1. The molecule has 0 N–H and O–H groups in total. The van der Waals surface area contributed by atoms with Crippen molar-refractivity contribution < 1.29 is 4.92 Å². The molecule has 0 bridgehead atoms. The molecule has 5 heteroatoms. The van der Waals surface area contributed by atoms with Crippen molar-refractivity contribution in [1.29, 1.82) is 0 Å². The van der Waals surface area contributed by atoms with Gasteiger partial charge in [-0.2, -0.15) is 0 Å². The van der Waals surface area contributed by atoms with Crippen LogP contribution in [0.25, 0.3) is 0 Å².